The van der Waals surface area contributed by atoms with E-state index in [1.165, 1.54) is 0 Å². The van der Waals surface area contributed by atoms with Gasteiger partial charge in [0.05, 0.1) is 0 Å². The Morgan fingerprint density at radius 2 is 1.54 bits per heavy atom. The average molecular weight is 474 g/mol. The quantitative estimate of drug-likeness (QED) is 0.399. The number of benzene rings is 3. The highest BCUT2D eigenvalue weighted by Crippen LogP contribution is 2.18. The Bertz CT molecular complexity index is 1130. The maximum atomic E-state index is 13.2. The van der Waals surface area contributed by atoms with Crippen LogP contribution in [0.4, 0.5) is 0 Å². The number of amides is 1. The lowest BCUT2D eigenvalue weighted by molar-refractivity contribution is -0.157. The lowest BCUT2D eigenvalue weighted by atomic mass is 9.97. The number of ether oxygens (including phenoxy) is 1. The Hall–Kier alpha value is -3.60. The Morgan fingerprint density at radius 3 is 2.20 bits per heavy atom. The van der Waals surface area contributed by atoms with Crippen LogP contribution in [0.5, 0.6) is 5.75 Å². The SMILES string of the molecule is Cc1ccc(C(=O)N[C@@H](CCc2ccccc2)C(=O)OC(C)(C)C)cc1CCc1ccc(O)cc1. The van der Waals surface area contributed by atoms with Crippen LogP contribution in [0.2, 0.25) is 0 Å². The standard InChI is InChI=1S/C30H35NO4/c1-21-10-15-25(20-24(21)16-11-23-12-17-26(32)18-13-23)28(33)31-27(29(34)35-30(2,3)4)19-14-22-8-6-5-7-9-22/h5-10,12-13,15,17-18,20,27,32H,11,14,16,19H2,1-4H3,(H,31,33)/t27-/m0/s1. The molecule has 0 aliphatic heterocycles. The van der Waals surface area contributed by atoms with E-state index in [4.69, 9.17) is 4.74 Å². The molecular formula is C30H35NO4. The van der Waals surface area contributed by atoms with Crippen LogP contribution in [0.1, 0.15) is 59.8 Å². The van der Waals surface area contributed by atoms with Crippen molar-refractivity contribution in [3.63, 3.8) is 0 Å². The average Bonchev–Trinajstić information content (AvgIpc) is 2.81. The van der Waals surface area contributed by atoms with Crippen LogP contribution < -0.4 is 5.32 Å². The zero-order chi connectivity index (χ0) is 25.4. The second-order valence-corrected chi connectivity index (χ2v) is 9.89. The Labute approximate surface area is 208 Å². The van der Waals surface area contributed by atoms with E-state index in [1.54, 1.807) is 18.2 Å². The van der Waals surface area contributed by atoms with Crippen molar-refractivity contribution in [2.45, 2.75) is 65.0 Å². The highest BCUT2D eigenvalue weighted by Gasteiger charge is 2.27. The molecule has 5 heteroatoms. The molecule has 3 rings (SSSR count). The molecule has 0 unspecified atom stereocenters. The lowest BCUT2D eigenvalue weighted by Gasteiger charge is -2.25. The van der Waals surface area contributed by atoms with E-state index in [1.807, 2.05) is 82.3 Å². The molecule has 0 bridgehead atoms. The highest BCUT2D eigenvalue weighted by atomic mass is 16.6. The first-order valence-electron chi connectivity index (χ1n) is 12.1. The van der Waals surface area contributed by atoms with Crippen LogP contribution in [0.15, 0.2) is 72.8 Å². The van der Waals surface area contributed by atoms with Crippen LogP contribution in [-0.4, -0.2) is 28.6 Å². The van der Waals surface area contributed by atoms with Gasteiger partial charge in [0.1, 0.15) is 17.4 Å². The normalized spacial score (nSPS) is 12.1. The largest absolute Gasteiger partial charge is 0.508 e. The van der Waals surface area contributed by atoms with E-state index in [0.29, 0.717) is 18.4 Å². The van der Waals surface area contributed by atoms with Crippen molar-refractivity contribution in [2.24, 2.45) is 0 Å². The van der Waals surface area contributed by atoms with Gasteiger partial charge in [-0.2, -0.15) is 0 Å². The van der Waals surface area contributed by atoms with Gasteiger partial charge in [0.25, 0.3) is 5.91 Å². The first kappa shape index (κ1) is 26.0. The number of aromatic hydroxyl groups is 1. The number of hydrogen-bond acceptors (Lipinski definition) is 4. The van der Waals surface area contributed by atoms with Gasteiger partial charge in [-0.25, -0.2) is 4.79 Å². The maximum absolute atomic E-state index is 13.2. The van der Waals surface area contributed by atoms with E-state index < -0.39 is 17.6 Å². The molecule has 1 amide bonds. The minimum Gasteiger partial charge on any atom is -0.508 e. The summed E-state index contributed by atoms with van der Waals surface area (Å²) in [5, 5.41) is 12.4. The van der Waals surface area contributed by atoms with Gasteiger partial charge in [0.2, 0.25) is 0 Å². The van der Waals surface area contributed by atoms with Crippen molar-refractivity contribution in [1.29, 1.82) is 0 Å². The van der Waals surface area contributed by atoms with Crippen LogP contribution >= 0.6 is 0 Å². The Balaban J connectivity index is 1.71. The fraction of sp³-hybridized carbons (Fsp3) is 0.333. The van der Waals surface area contributed by atoms with Crippen LogP contribution in [0.3, 0.4) is 0 Å². The molecule has 0 heterocycles. The Kier molecular flexibility index (Phi) is 8.69. The van der Waals surface area contributed by atoms with E-state index in [-0.39, 0.29) is 11.7 Å². The van der Waals surface area contributed by atoms with Crippen LogP contribution in [0, 0.1) is 6.92 Å². The smallest absolute Gasteiger partial charge is 0.329 e. The van der Waals surface area contributed by atoms with Crippen molar-refractivity contribution in [2.75, 3.05) is 0 Å². The molecule has 3 aromatic carbocycles. The van der Waals surface area contributed by atoms with Gasteiger partial charge < -0.3 is 15.2 Å². The molecule has 5 nitrogen and oxygen atoms in total. The third-order valence-electron chi connectivity index (χ3n) is 5.79. The number of nitrogens with one attached hydrogen (secondary N) is 1. The number of phenolic OH excluding ortho intramolecular Hbond substituents is 1. The topological polar surface area (TPSA) is 75.6 Å². The summed E-state index contributed by atoms with van der Waals surface area (Å²) in [5.41, 5.74) is 4.27. The molecule has 0 saturated heterocycles. The summed E-state index contributed by atoms with van der Waals surface area (Å²) in [7, 11) is 0. The van der Waals surface area contributed by atoms with Gasteiger partial charge in [-0.15, -0.1) is 0 Å². The van der Waals surface area contributed by atoms with Crippen LogP contribution in [-0.2, 0) is 28.8 Å². The molecule has 0 saturated carbocycles. The molecule has 184 valence electrons. The van der Waals surface area contributed by atoms with E-state index in [9.17, 15) is 14.7 Å². The fourth-order valence-electron chi connectivity index (χ4n) is 3.84. The molecule has 2 N–H and O–H groups in total. The molecule has 0 fully saturated rings. The summed E-state index contributed by atoms with van der Waals surface area (Å²) in [6.45, 7) is 7.49. The molecule has 0 aromatic heterocycles. The van der Waals surface area contributed by atoms with Gasteiger partial charge in [-0.3, -0.25) is 4.79 Å². The first-order chi connectivity index (χ1) is 16.6. The van der Waals surface area contributed by atoms with Crippen molar-refractivity contribution >= 4 is 11.9 Å². The van der Waals surface area contributed by atoms with Gasteiger partial charge in [-0.1, -0.05) is 48.5 Å². The van der Waals surface area contributed by atoms with E-state index in [0.717, 1.165) is 35.1 Å². The van der Waals surface area contributed by atoms with Crippen molar-refractivity contribution in [3.05, 3.63) is 101 Å². The van der Waals surface area contributed by atoms with Gasteiger partial charge in [-0.05, 0) is 99.9 Å². The first-order valence-corrected chi connectivity index (χ1v) is 12.1. The molecule has 0 aliphatic rings. The minimum atomic E-state index is -0.747. The molecule has 0 spiro atoms. The summed E-state index contributed by atoms with van der Waals surface area (Å²) in [6.07, 6.45) is 2.66. The van der Waals surface area contributed by atoms with Gasteiger partial charge >= 0.3 is 5.97 Å². The second kappa shape index (κ2) is 11.7. The second-order valence-electron chi connectivity index (χ2n) is 9.89. The molecule has 1 atom stereocenters. The summed E-state index contributed by atoms with van der Waals surface area (Å²) >= 11 is 0. The van der Waals surface area contributed by atoms with Crippen molar-refractivity contribution in [1.82, 2.24) is 5.32 Å². The maximum Gasteiger partial charge on any atom is 0.329 e. The third-order valence-corrected chi connectivity index (χ3v) is 5.79. The van der Waals surface area contributed by atoms with Gasteiger partial charge in [0, 0.05) is 5.56 Å². The molecule has 0 radical (unpaired) electrons. The van der Waals surface area contributed by atoms with Crippen molar-refractivity contribution in [3.8, 4) is 5.75 Å². The third kappa shape index (κ3) is 8.29. The summed E-state index contributed by atoms with van der Waals surface area (Å²) in [5.74, 6) is -0.475. The number of phenols is 1. The number of hydrogen-bond donors (Lipinski definition) is 2. The van der Waals surface area contributed by atoms with E-state index >= 15 is 0 Å². The number of carbonyl (C=O) groups excluding carboxylic acids is 2. The van der Waals surface area contributed by atoms with Gasteiger partial charge in [0.15, 0.2) is 0 Å². The monoisotopic (exact) mass is 473 g/mol. The predicted molar refractivity (Wildman–Crippen MR) is 139 cm³/mol. The number of carbonyl (C=O) groups is 2. The van der Waals surface area contributed by atoms with Crippen molar-refractivity contribution < 1.29 is 19.4 Å². The van der Waals surface area contributed by atoms with E-state index in [2.05, 4.69) is 5.32 Å². The zero-order valence-corrected chi connectivity index (χ0v) is 21.0. The summed E-state index contributed by atoms with van der Waals surface area (Å²) in [6, 6.07) is 21.9. The fourth-order valence-corrected chi connectivity index (χ4v) is 3.84. The highest BCUT2D eigenvalue weighted by molar-refractivity contribution is 5.97. The summed E-state index contributed by atoms with van der Waals surface area (Å²) < 4.78 is 5.59. The predicted octanol–water partition coefficient (Wildman–Crippen LogP) is 5.56. The zero-order valence-electron chi connectivity index (χ0n) is 21.0. The molecular weight excluding hydrogens is 438 g/mol. The Morgan fingerprint density at radius 1 is 0.886 bits per heavy atom. The number of aryl methyl sites for hydroxylation is 4. The number of esters is 1. The molecule has 0 aliphatic carbocycles. The summed E-state index contributed by atoms with van der Waals surface area (Å²) in [4.78, 5) is 26.1. The minimum absolute atomic E-state index is 0.246. The van der Waals surface area contributed by atoms with Crippen LogP contribution in [0.25, 0.3) is 0 Å². The number of rotatable bonds is 9. The molecule has 35 heavy (non-hydrogen) atoms. The lowest BCUT2D eigenvalue weighted by Crippen LogP contribution is -2.44. The molecule has 3 aromatic rings.